The van der Waals surface area contributed by atoms with Crippen molar-refractivity contribution in [3.8, 4) is 28.1 Å². The molecule has 0 saturated carbocycles. The Morgan fingerprint density at radius 1 is 0.750 bits per heavy atom. The number of nitrogens with zero attached hydrogens (tertiary/aromatic N) is 1. The highest BCUT2D eigenvalue weighted by atomic mass is 16.5. The summed E-state index contributed by atoms with van der Waals surface area (Å²) in [5.41, 5.74) is 4.17. The molecule has 3 rings (SSSR count). The Morgan fingerprint density at radius 2 is 1.35 bits per heavy atom. The predicted octanol–water partition coefficient (Wildman–Crippen LogP) is 4.42. The average molecular weight is 261 g/mol. The molecule has 2 aromatic carbocycles. The monoisotopic (exact) mass is 261 g/mol. The van der Waals surface area contributed by atoms with Crippen molar-refractivity contribution in [3.05, 3.63) is 72.9 Å². The van der Waals surface area contributed by atoms with Gasteiger partial charge in [0.2, 0.25) is 0 Å². The molecule has 20 heavy (non-hydrogen) atoms. The van der Waals surface area contributed by atoms with Crippen molar-refractivity contribution in [2.75, 3.05) is 7.11 Å². The van der Waals surface area contributed by atoms with Crippen LogP contribution in [0.1, 0.15) is 0 Å². The van der Waals surface area contributed by atoms with Gasteiger partial charge >= 0.3 is 0 Å². The quantitative estimate of drug-likeness (QED) is 0.696. The standard InChI is InChI=1S/C18H15NO/c1-20-16-12-13-19-18(15-10-6-3-7-11-15)17(16)14-8-4-2-5-9-14/h2-13H,1H3. The molecule has 0 atom stereocenters. The molecule has 0 aliphatic heterocycles. The van der Waals surface area contributed by atoms with E-state index in [-0.39, 0.29) is 0 Å². The summed E-state index contributed by atoms with van der Waals surface area (Å²) in [4.78, 5) is 4.55. The molecule has 0 spiro atoms. The summed E-state index contributed by atoms with van der Waals surface area (Å²) in [6, 6.07) is 22.3. The maximum atomic E-state index is 5.52. The molecule has 0 bridgehead atoms. The lowest BCUT2D eigenvalue weighted by Crippen LogP contribution is -1.94. The van der Waals surface area contributed by atoms with Crippen LogP contribution in [0.3, 0.4) is 0 Å². The van der Waals surface area contributed by atoms with Crippen molar-refractivity contribution in [2.45, 2.75) is 0 Å². The average Bonchev–Trinajstić information content (AvgIpc) is 2.55. The van der Waals surface area contributed by atoms with Gasteiger partial charge in [0.1, 0.15) is 5.75 Å². The van der Waals surface area contributed by atoms with Crippen molar-refractivity contribution in [2.24, 2.45) is 0 Å². The van der Waals surface area contributed by atoms with E-state index in [0.717, 1.165) is 28.1 Å². The summed E-state index contributed by atoms with van der Waals surface area (Å²) in [5.74, 6) is 0.838. The molecule has 0 radical (unpaired) electrons. The maximum absolute atomic E-state index is 5.52. The number of hydrogen-bond acceptors (Lipinski definition) is 2. The first-order valence-corrected chi connectivity index (χ1v) is 6.54. The van der Waals surface area contributed by atoms with Gasteiger partial charge in [0, 0.05) is 11.8 Å². The summed E-state index contributed by atoms with van der Waals surface area (Å²) >= 11 is 0. The lowest BCUT2D eigenvalue weighted by molar-refractivity contribution is 0.416. The van der Waals surface area contributed by atoms with Crippen molar-refractivity contribution in [1.29, 1.82) is 0 Å². The second kappa shape index (κ2) is 5.57. The van der Waals surface area contributed by atoms with Gasteiger partial charge in [0.15, 0.2) is 0 Å². The van der Waals surface area contributed by atoms with Crippen molar-refractivity contribution in [3.63, 3.8) is 0 Å². The Hall–Kier alpha value is -2.61. The predicted molar refractivity (Wildman–Crippen MR) is 81.7 cm³/mol. The Bertz CT molecular complexity index is 693. The van der Waals surface area contributed by atoms with Crippen LogP contribution in [0.25, 0.3) is 22.4 Å². The first kappa shape index (κ1) is 12.4. The fourth-order valence-corrected chi connectivity index (χ4v) is 2.31. The fraction of sp³-hybridized carbons (Fsp3) is 0.0556. The van der Waals surface area contributed by atoms with E-state index < -0.39 is 0 Å². The number of methoxy groups -OCH3 is 1. The molecular weight excluding hydrogens is 246 g/mol. The topological polar surface area (TPSA) is 22.1 Å². The number of aromatic nitrogens is 1. The minimum Gasteiger partial charge on any atom is -0.496 e. The smallest absolute Gasteiger partial charge is 0.130 e. The molecular formula is C18H15NO. The summed E-state index contributed by atoms with van der Waals surface area (Å²) in [7, 11) is 1.69. The van der Waals surface area contributed by atoms with Crippen LogP contribution in [0.2, 0.25) is 0 Å². The minimum atomic E-state index is 0.838. The third-order valence-electron chi connectivity index (χ3n) is 3.24. The second-order valence-electron chi connectivity index (χ2n) is 4.47. The van der Waals surface area contributed by atoms with Gasteiger partial charge in [-0.25, -0.2) is 0 Å². The van der Waals surface area contributed by atoms with Crippen LogP contribution in [0, 0.1) is 0 Å². The third-order valence-corrected chi connectivity index (χ3v) is 3.24. The van der Waals surface area contributed by atoms with Crippen molar-refractivity contribution < 1.29 is 4.74 Å². The highest BCUT2D eigenvalue weighted by Crippen LogP contribution is 2.37. The summed E-state index contributed by atoms with van der Waals surface area (Å²) in [6.45, 7) is 0. The van der Waals surface area contributed by atoms with E-state index in [4.69, 9.17) is 4.74 Å². The van der Waals surface area contributed by atoms with Crippen LogP contribution in [0.5, 0.6) is 5.75 Å². The molecule has 98 valence electrons. The number of rotatable bonds is 3. The zero-order chi connectivity index (χ0) is 13.8. The van der Waals surface area contributed by atoms with E-state index >= 15 is 0 Å². The number of pyridine rings is 1. The fourth-order valence-electron chi connectivity index (χ4n) is 2.31. The van der Waals surface area contributed by atoms with E-state index in [1.807, 2.05) is 42.5 Å². The highest BCUT2D eigenvalue weighted by molar-refractivity contribution is 5.84. The van der Waals surface area contributed by atoms with Gasteiger partial charge in [-0.05, 0) is 11.6 Å². The van der Waals surface area contributed by atoms with E-state index in [9.17, 15) is 0 Å². The molecule has 1 heterocycles. The van der Waals surface area contributed by atoms with E-state index in [0.29, 0.717) is 0 Å². The third kappa shape index (κ3) is 2.28. The lowest BCUT2D eigenvalue weighted by Gasteiger charge is -2.13. The molecule has 0 saturated heterocycles. The molecule has 3 aromatic rings. The molecule has 2 heteroatoms. The molecule has 1 aromatic heterocycles. The lowest BCUT2D eigenvalue weighted by atomic mass is 9.98. The highest BCUT2D eigenvalue weighted by Gasteiger charge is 2.13. The molecule has 0 N–H and O–H groups in total. The zero-order valence-corrected chi connectivity index (χ0v) is 11.3. The van der Waals surface area contributed by atoms with Gasteiger partial charge in [0.25, 0.3) is 0 Å². The molecule has 0 unspecified atom stereocenters. The van der Waals surface area contributed by atoms with Crippen molar-refractivity contribution >= 4 is 0 Å². The Morgan fingerprint density at radius 3 is 1.95 bits per heavy atom. The van der Waals surface area contributed by atoms with Gasteiger partial charge in [-0.1, -0.05) is 60.7 Å². The number of ether oxygens (including phenoxy) is 1. The Balaban J connectivity index is 2.26. The molecule has 0 aliphatic rings. The van der Waals surface area contributed by atoms with Crippen LogP contribution in [-0.2, 0) is 0 Å². The summed E-state index contributed by atoms with van der Waals surface area (Å²) < 4.78 is 5.52. The van der Waals surface area contributed by atoms with Gasteiger partial charge in [0.05, 0.1) is 18.4 Å². The molecule has 0 fully saturated rings. The molecule has 2 nitrogen and oxygen atoms in total. The summed E-state index contributed by atoms with van der Waals surface area (Å²) in [6.07, 6.45) is 1.79. The Labute approximate surface area is 118 Å². The van der Waals surface area contributed by atoms with E-state index in [2.05, 4.69) is 29.2 Å². The second-order valence-corrected chi connectivity index (χ2v) is 4.47. The van der Waals surface area contributed by atoms with Crippen LogP contribution in [0.15, 0.2) is 72.9 Å². The number of benzene rings is 2. The maximum Gasteiger partial charge on any atom is 0.130 e. The van der Waals surface area contributed by atoms with Gasteiger partial charge in [-0.15, -0.1) is 0 Å². The Kier molecular flexibility index (Phi) is 3.46. The van der Waals surface area contributed by atoms with Crippen LogP contribution in [-0.4, -0.2) is 12.1 Å². The number of hydrogen-bond donors (Lipinski definition) is 0. The minimum absolute atomic E-state index is 0.838. The zero-order valence-electron chi connectivity index (χ0n) is 11.3. The van der Waals surface area contributed by atoms with Gasteiger partial charge < -0.3 is 4.74 Å². The van der Waals surface area contributed by atoms with E-state index in [1.165, 1.54) is 0 Å². The SMILES string of the molecule is COc1ccnc(-c2ccccc2)c1-c1ccccc1. The first-order valence-electron chi connectivity index (χ1n) is 6.54. The normalized spacial score (nSPS) is 10.2. The van der Waals surface area contributed by atoms with Crippen LogP contribution in [0.4, 0.5) is 0 Å². The van der Waals surface area contributed by atoms with Crippen LogP contribution < -0.4 is 4.74 Å². The van der Waals surface area contributed by atoms with Gasteiger partial charge in [-0.3, -0.25) is 4.98 Å². The van der Waals surface area contributed by atoms with E-state index in [1.54, 1.807) is 13.3 Å². The largest absolute Gasteiger partial charge is 0.496 e. The summed E-state index contributed by atoms with van der Waals surface area (Å²) in [5, 5.41) is 0. The molecule has 0 aliphatic carbocycles. The van der Waals surface area contributed by atoms with Crippen LogP contribution >= 0.6 is 0 Å². The van der Waals surface area contributed by atoms with Crippen molar-refractivity contribution in [1.82, 2.24) is 4.98 Å². The van der Waals surface area contributed by atoms with Gasteiger partial charge in [-0.2, -0.15) is 0 Å². The molecule has 0 amide bonds. The first-order chi connectivity index (χ1) is 9.90.